The molecule has 190 valence electrons. The van der Waals surface area contributed by atoms with E-state index in [1.807, 2.05) is 0 Å². The van der Waals surface area contributed by atoms with E-state index in [0.717, 1.165) is 25.0 Å². The standard InChI is InChI=1S/C24H26ClF2NO5S2/c25-18-3-5-19(6-4-18)35(31,32)24-10-9-16(15-34(29,30)28-11-1-2-12-28)13-17(24)14-33-23-21(27)8-7-20(26)22(23)24/h3-8,16-17H,1-2,9-15H2/t16-,17-,24+/m1/s1. The highest BCUT2D eigenvalue weighted by atomic mass is 35.5. The molecular formula is C24H26ClF2NO5S2. The summed E-state index contributed by atoms with van der Waals surface area (Å²) in [4.78, 5) is -0.0495. The van der Waals surface area contributed by atoms with Gasteiger partial charge in [-0.2, -0.15) is 0 Å². The molecule has 1 saturated heterocycles. The summed E-state index contributed by atoms with van der Waals surface area (Å²) in [6, 6.07) is 7.45. The topological polar surface area (TPSA) is 80.8 Å². The van der Waals surface area contributed by atoms with E-state index in [4.69, 9.17) is 16.3 Å². The Kier molecular flexibility index (Phi) is 6.39. The van der Waals surface area contributed by atoms with Crippen molar-refractivity contribution in [1.82, 2.24) is 4.31 Å². The van der Waals surface area contributed by atoms with E-state index in [2.05, 4.69) is 0 Å². The third-order valence-corrected chi connectivity index (χ3v) is 12.5. The van der Waals surface area contributed by atoms with Crippen molar-refractivity contribution >= 4 is 31.5 Å². The van der Waals surface area contributed by atoms with Gasteiger partial charge in [0.05, 0.1) is 22.8 Å². The number of nitrogens with zero attached hydrogens (tertiary/aromatic N) is 1. The zero-order chi connectivity index (χ0) is 25.0. The van der Waals surface area contributed by atoms with Crippen molar-refractivity contribution < 1.29 is 30.4 Å². The monoisotopic (exact) mass is 545 g/mol. The largest absolute Gasteiger partial charge is 0.490 e. The molecule has 0 unspecified atom stereocenters. The number of sulfonamides is 1. The molecule has 3 atom stereocenters. The van der Waals surface area contributed by atoms with E-state index in [9.17, 15) is 21.2 Å². The molecule has 11 heteroatoms. The lowest BCUT2D eigenvalue weighted by atomic mass is 9.69. The van der Waals surface area contributed by atoms with Crippen LogP contribution in [0.2, 0.25) is 5.02 Å². The molecule has 0 bridgehead atoms. The van der Waals surface area contributed by atoms with Crippen LogP contribution in [0, 0.1) is 23.5 Å². The number of ether oxygens (including phenoxy) is 1. The van der Waals surface area contributed by atoms with Gasteiger partial charge < -0.3 is 4.74 Å². The SMILES string of the molecule is O=S(=O)(C[C@@H]1CC[C@@]2(S(=O)(=O)c3ccc(Cl)cc3)c3c(F)ccc(F)c3OC[C@H]2C1)N1CCCC1. The van der Waals surface area contributed by atoms with Gasteiger partial charge in [0.25, 0.3) is 0 Å². The molecule has 6 nitrogen and oxygen atoms in total. The molecule has 0 spiro atoms. The number of benzene rings is 2. The highest BCUT2D eigenvalue weighted by Gasteiger charge is 2.59. The number of fused-ring (bicyclic) bond motifs is 3. The second-order valence-corrected chi connectivity index (χ2v) is 14.3. The molecular weight excluding hydrogens is 520 g/mol. The number of halogens is 3. The smallest absolute Gasteiger partial charge is 0.214 e. The van der Waals surface area contributed by atoms with Gasteiger partial charge in [0.2, 0.25) is 10.0 Å². The second kappa shape index (κ2) is 8.97. The van der Waals surface area contributed by atoms with Crippen molar-refractivity contribution in [2.24, 2.45) is 11.8 Å². The number of hydrogen-bond acceptors (Lipinski definition) is 5. The minimum atomic E-state index is -4.24. The lowest BCUT2D eigenvalue weighted by Crippen LogP contribution is -2.53. The Hall–Kier alpha value is -1.75. The lowest BCUT2D eigenvalue weighted by molar-refractivity contribution is 0.103. The molecule has 5 rings (SSSR count). The summed E-state index contributed by atoms with van der Waals surface area (Å²) in [6.45, 7) is 0.836. The quantitative estimate of drug-likeness (QED) is 0.552. The summed E-state index contributed by atoms with van der Waals surface area (Å²) in [5.41, 5.74) is -0.301. The molecule has 1 aliphatic carbocycles. The van der Waals surface area contributed by atoms with Crippen LogP contribution >= 0.6 is 11.6 Å². The summed E-state index contributed by atoms with van der Waals surface area (Å²) in [5, 5.41) is 0.346. The predicted molar refractivity (Wildman–Crippen MR) is 128 cm³/mol. The first-order chi connectivity index (χ1) is 16.6. The Balaban J connectivity index is 1.58. The van der Waals surface area contributed by atoms with Crippen molar-refractivity contribution in [3.63, 3.8) is 0 Å². The molecule has 2 aromatic rings. The molecule has 2 fully saturated rings. The van der Waals surface area contributed by atoms with E-state index in [-0.39, 0.29) is 53.7 Å². The predicted octanol–water partition coefficient (Wildman–Crippen LogP) is 4.52. The maximum absolute atomic E-state index is 15.3. The molecule has 0 radical (unpaired) electrons. The van der Waals surface area contributed by atoms with Gasteiger partial charge in [-0.05, 0) is 74.4 Å². The lowest BCUT2D eigenvalue weighted by Gasteiger charge is -2.49. The van der Waals surface area contributed by atoms with E-state index in [0.29, 0.717) is 18.1 Å². The molecule has 35 heavy (non-hydrogen) atoms. The molecule has 0 N–H and O–H groups in total. The van der Waals surface area contributed by atoms with Crippen LogP contribution < -0.4 is 4.74 Å². The maximum atomic E-state index is 15.3. The summed E-state index contributed by atoms with van der Waals surface area (Å²) in [5.74, 6) is -3.24. The number of hydrogen-bond donors (Lipinski definition) is 0. The maximum Gasteiger partial charge on any atom is 0.214 e. The van der Waals surface area contributed by atoms with Gasteiger partial charge in [-0.25, -0.2) is 29.9 Å². The van der Waals surface area contributed by atoms with Crippen molar-refractivity contribution in [1.29, 1.82) is 0 Å². The number of sulfone groups is 1. The van der Waals surface area contributed by atoms with Crippen LogP contribution in [-0.4, -0.2) is 46.6 Å². The summed E-state index contributed by atoms with van der Waals surface area (Å²) >= 11 is 5.96. The average molecular weight is 546 g/mol. The van der Waals surface area contributed by atoms with Crippen LogP contribution in [0.5, 0.6) is 5.75 Å². The zero-order valence-corrected chi connectivity index (χ0v) is 21.3. The Morgan fingerprint density at radius 2 is 1.66 bits per heavy atom. The van der Waals surface area contributed by atoms with Crippen molar-refractivity contribution in [2.45, 2.75) is 41.7 Å². The Labute approximate surface area is 209 Å². The zero-order valence-electron chi connectivity index (χ0n) is 18.9. The van der Waals surface area contributed by atoms with Crippen LogP contribution in [-0.2, 0) is 24.6 Å². The van der Waals surface area contributed by atoms with E-state index < -0.39 is 42.2 Å². The van der Waals surface area contributed by atoms with Gasteiger partial charge in [-0.1, -0.05) is 11.6 Å². The Morgan fingerprint density at radius 3 is 2.34 bits per heavy atom. The Bertz CT molecular complexity index is 1340. The van der Waals surface area contributed by atoms with Gasteiger partial charge >= 0.3 is 0 Å². The number of rotatable bonds is 5. The summed E-state index contributed by atoms with van der Waals surface area (Å²) in [7, 11) is -7.73. The van der Waals surface area contributed by atoms with E-state index in [1.54, 1.807) is 0 Å². The van der Waals surface area contributed by atoms with Crippen LogP contribution in [0.3, 0.4) is 0 Å². The van der Waals surface area contributed by atoms with Crippen LogP contribution in [0.4, 0.5) is 8.78 Å². The Morgan fingerprint density at radius 1 is 1.00 bits per heavy atom. The van der Waals surface area contributed by atoms with Gasteiger partial charge in [-0.15, -0.1) is 0 Å². The second-order valence-electron chi connectivity index (χ2n) is 9.61. The molecule has 2 aromatic carbocycles. The van der Waals surface area contributed by atoms with E-state index in [1.165, 1.54) is 28.6 Å². The van der Waals surface area contributed by atoms with E-state index >= 15 is 4.39 Å². The fraction of sp³-hybridized carbons (Fsp3) is 0.500. The highest BCUT2D eigenvalue weighted by molar-refractivity contribution is 7.92. The van der Waals surface area contributed by atoms with Crippen molar-refractivity contribution in [3.8, 4) is 5.75 Å². The van der Waals surface area contributed by atoms with Crippen molar-refractivity contribution in [3.05, 3.63) is 58.6 Å². The molecule has 2 aliphatic heterocycles. The molecule has 0 aromatic heterocycles. The summed E-state index contributed by atoms with van der Waals surface area (Å²) < 4.78 is 89.5. The van der Waals surface area contributed by atoms with Crippen molar-refractivity contribution in [2.75, 3.05) is 25.4 Å². The normalized spacial score (nSPS) is 27.2. The molecule has 3 aliphatic rings. The third kappa shape index (κ3) is 4.06. The first-order valence-corrected chi connectivity index (χ1v) is 15.1. The highest BCUT2D eigenvalue weighted by Crippen LogP contribution is 2.57. The van der Waals surface area contributed by atoms with Gasteiger partial charge in [0.15, 0.2) is 21.4 Å². The molecule has 0 amide bonds. The first kappa shape index (κ1) is 24.9. The minimum absolute atomic E-state index is 0.0421. The van der Waals surface area contributed by atoms with Gasteiger partial charge in [-0.3, -0.25) is 0 Å². The van der Waals surface area contributed by atoms with Crippen LogP contribution in [0.15, 0.2) is 41.3 Å². The third-order valence-electron chi connectivity index (χ3n) is 7.62. The minimum Gasteiger partial charge on any atom is -0.490 e. The van der Waals surface area contributed by atoms with Gasteiger partial charge in [0.1, 0.15) is 10.6 Å². The average Bonchev–Trinajstić information content (AvgIpc) is 3.37. The molecule has 1 saturated carbocycles. The fourth-order valence-electron chi connectivity index (χ4n) is 5.95. The summed E-state index contributed by atoms with van der Waals surface area (Å²) in [6.07, 6.45) is 2.05. The van der Waals surface area contributed by atoms with Crippen LogP contribution in [0.25, 0.3) is 0 Å². The molecule has 2 heterocycles. The van der Waals surface area contributed by atoms with Gasteiger partial charge in [0, 0.05) is 24.0 Å². The van der Waals surface area contributed by atoms with Crippen LogP contribution in [0.1, 0.15) is 37.7 Å². The first-order valence-electron chi connectivity index (χ1n) is 11.7. The fourth-order valence-corrected chi connectivity index (χ4v) is 10.4.